The second-order valence-corrected chi connectivity index (χ2v) is 6.17. The lowest BCUT2D eigenvalue weighted by molar-refractivity contribution is 0.249. The van der Waals surface area contributed by atoms with Gasteiger partial charge in [0.15, 0.2) is 5.58 Å². The van der Waals surface area contributed by atoms with Crippen LogP contribution in [0.4, 0.5) is 10.5 Å². The van der Waals surface area contributed by atoms with Gasteiger partial charge in [-0.15, -0.1) is 0 Å². The maximum Gasteiger partial charge on any atom is 0.319 e. The Hall–Kier alpha value is -3.67. The highest BCUT2D eigenvalue weighted by Crippen LogP contribution is 2.26. The summed E-state index contributed by atoms with van der Waals surface area (Å²) in [5, 5.41) is 5.73. The van der Waals surface area contributed by atoms with Crippen molar-refractivity contribution in [1.82, 2.24) is 15.3 Å². The van der Waals surface area contributed by atoms with Gasteiger partial charge in [0.05, 0.1) is 6.04 Å². The van der Waals surface area contributed by atoms with Gasteiger partial charge in [-0.25, -0.2) is 9.78 Å². The van der Waals surface area contributed by atoms with Gasteiger partial charge >= 0.3 is 6.03 Å². The highest BCUT2D eigenvalue weighted by atomic mass is 16.3. The molecule has 0 radical (unpaired) electrons. The van der Waals surface area contributed by atoms with Crippen LogP contribution in [-0.2, 0) is 0 Å². The number of benzene rings is 2. The number of oxazole rings is 1. The molecule has 2 aromatic carbocycles. The first-order chi connectivity index (χ1) is 13.2. The van der Waals surface area contributed by atoms with Crippen molar-refractivity contribution in [2.75, 3.05) is 5.32 Å². The Kier molecular flexibility index (Phi) is 4.53. The first-order valence-electron chi connectivity index (χ1n) is 8.62. The third-order valence-corrected chi connectivity index (χ3v) is 4.22. The first kappa shape index (κ1) is 16.8. The van der Waals surface area contributed by atoms with Gasteiger partial charge in [-0.05, 0) is 48.9 Å². The van der Waals surface area contributed by atoms with Crippen molar-refractivity contribution in [1.29, 1.82) is 0 Å². The molecule has 0 spiro atoms. The zero-order valence-electron chi connectivity index (χ0n) is 14.7. The largest absolute Gasteiger partial charge is 0.436 e. The van der Waals surface area contributed by atoms with Gasteiger partial charge in [-0.2, -0.15) is 0 Å². The maximum absolute atomic E-state index is 12.3. The van der Waals surface area contributed by atoms with E-state index in [0.29, 0.717) is 17.2 Å². The van der Waals surface area contributed by atoms with Gasteiger partial charge in [0.2, 0.25) is 5.89 Å². The van der Waals surface area contributed by atoms with Gasteiger partial charge in [-0.3, -0.25) is 4.98 Å². The van der Waals surface area contributed by atoms with Crippen molar-refractivity contribution in [2.24, 2.45) is 0 Å². The molecule has 0 fully saturated rings. The second-order valence-electron chi connectivity index (χ2n) is 6.17. The average molecular weight is 358 g/mol. The smallest absolute Gasteiger partial charge is 0.319 e. The monoisotopic (exact) mass is 358 g/mol. The molecule has 2 heterocycles. The lowest BCUT2D eigenvalue weighted by Gasteiger charge is -2.14. The molecular formula is C21H18N4O2. The summed E-state index contributed by atoms with van der Waals surface area (Å²) in [6, 6.07) is 18.4. The Morgan fingerprint density at radius 3 is 2.59 bits per heavy atom. The zero-order valence-corrected chi connectivity index (χ0v) is 14.7. The number of nitrogens with zero attached hydrogens (tertiary/aromatic N) is 2. The molecule has 0 aliphatic heterocycles. The highest BCUT2D eigenvalue weighted by Gasteiger charge is 2.12. The standard InChI is InChI=1S/C21H18N4O2/c1-14(15-9-11-22-12-10-15)23-21(26)24-17-7-8-18-19(13-17)27-20(25-18)16-5-3-2-4-6-16/h2-14H,1H3,(H2,23,24,26). The van der Waals surface area contributed by atoms with Crippen LogP contribution in [0.3, 0.4) is 0 Å². The molecule has 1 atom stereocenters. The van der Waals surface area contributed by atoms with E-state index in [4.69, 9.17) is 4.42 Å². The first-order valence-corrected chi connectivity index (χ1v) is 8.62. The number of nitrogens with one attached hydrogen (secondary N) is 2. The summed E-state index contributed by atoms with van der Waals surface area (Å²) < 4.78 is 5.84. The van der Waals surface area contributed by atoms with Gasteiger partial charge < -0.3 is 15.1 Å². The summed E-state index contributed by atoms with van der Waals surface area (Å²) in [4.78, 5) is 20.7. The molecular weight excluding hydrogens is 340 g/mol. The molecule has 0 aliphatic rings. The van der Waals surface area contributed by atoms with Crippen molar-refractivity contribution < 1.29 is 9.21 Å². The molecule has 27 heavy (non-hydrogen) atoms. The summed E-state index contributed by atoms with van der Waals surface area (Å²) in [6.45, 7) is 1.92. The number of fused-ring (bicyclic) bond motifs is 1. The number of urea groups is 1. The Morgan fingerprint density at radius 1 is 1.04 bits per heavy atom. The minimum absolute atomic E-state index is 0.133. The van der Waals surface area contributed by atoms with Crippen LogP contribution >= 0.6 is 0 Å². The van der Waals surface area contributed by atoms with E-state index in [9.17, 15) is 4.79 Å². The number of carbonyl (C=O) groups excluding carboxylic acids is 1. The normalized spacial score (nSPS) is 11.9. The van der Waals surface area contributed by atoms with E-state index in [0.717, 1.165) is 16.6 Å². The molecule has 6 heteroatoms. The average Bonchev–Trinajstić information content (AvgIpc) is 3.12. The maximum atomic E-state index is 12.3. The minimum atomic E-state index is -0.290. The quantitative estimate of drug-likeness (QED) is 0.550. The highest BCUT2D eigenvalue weighted by molar-refractivity contribution is 5.92. The number of aromatic nitrogens is 2. The third-order valence-electron chi connectivity index (χ3n) is 4.22. The second kappa shape index (κ2) is 7.29. The fourth-order valence-corrected chi connectivity index (χ4v) is 2.81. The predicted molar refractivity (Wildman–Crippen MR) is 104 cm³/mol. The van der Waals surface area contributed by atoms with Crippen LogP contribution in [0.25, 0.3) is 22.6 Å². The number of carbonyl (C=O) groups is 1. The summed E-state index contributed by atoms with van der Waals surface area (Å²) in [5.74, 6) is 0.554. The molecule has 0 saturated heterocycles. The summed E-state index contributed by atoms with van der Waals surface area (Å²) in [7, 11) is 0. The van der Waals surface area contributed by atoms with Gasteiger partial charge in [0.1, 0.15) is 5.52 Å². The van der Waals surface area contributed by atoms with Gasteiger partial charge in [-0.1, -0.05) is 18.2 Å². The number of rotatable bonds is 4. The SMILES string of the molecule is CC(NC(=O)Nc1ccc2nc(-c3ccccc3)oc2c1)c1ccncc1. The molecule has 4 aromatic rings. The van der Waals surface area contributed by atoms with E-state index in [-0.39, 0.29) is 12.1 Å². The van der Waals surface area contributed by atoms with E-state index in [2.05, 4.69) is 20.6 Å². The summed E-state index contributed by atoms with van der Waals surface area (Å²) in [6.07, 6.45) is 3.40. The number of hydrogen-bond acceptors (Lipinski definition) is 4. The van der Waals surface area contributed by atoms with Crippen LogP contribution in [0.1, 0.15) is 18.5 Å². The van der Waals surface area contributed by atoms with Crippen molar-refractivity contribution in [3.8, 4) is 11.5 Å². The molecule has 2 N–H and O–H groups in total. The zero-order chi connectivity index (χ0) is 18.6. The third kappa shape index (κ3) is 3.79. The van der Waals surface area contributed by atoms with Crippen molar-refractivity contribution in [2.45, 2.75) is 13.0 Å². The Bertz CT molecular complexity index is 1060. The molecule has 2 aromatic heterocycles. The number of pyridine rings is 1. The molecule has 0 saturated carbocycles. The van der Waals surface area contributed by atoms with E-state index in [1.165, 1.54) is 0 Å². The van der Waals surface area contributed by atoms with Crippen LogP contribution in [0.5, 0.6) is 0 Å². The molecule has 1 unspecified atom stereocenters. The van der Waals surface area contributed by atoms with E-state index < -0.39 is 0 Å². The number of anilines is 1. The lowest BCUT2D eigenvalue weighted by atomic mass is 10.1. The molecule has 4 rings (SSSR count). The number of amides is 2. The van der Waals surface area contributed by atoms with Crippen molar-refractivity contribution in [3.63, 3.8) is 0 Å². The Morgan fingerprint density at radius 2 is 1.81 bits per heavy atom. The molecule has 134 valence electrons. The Labute approximate surface area is 156 Å². The topological polar surface area (TPSA) is 80.0 Å². The van der Waals surface area contributed by atoms with Crippen LogP contribution in [0.2, 0.25) is 0 Å². The minimum Gasteiger partial charge on any atom is -0.436 e. The van der Waals surface area contributed by atoms with Crippen LogP contribution in [0.15, 0.2) is 77.5 Å². The van der Waals surface area contributed by atoms with E-state index in [1.807, 2.05) is 55.5 Å². The molecule has 0 aliphatic carbocycles. The summed E-state index contributed by atoms with van der Waals surface area (Å²) >= 11 is 0. The van der Waals surface area contributed by atoms with Crippen LogP contribution in [-0.4, -0.2) is 16.0 Å². The molecule has 6 nitrogen and oxygen atoms in total. The van der Waals surface area contributed by atoms with Gasteiger partial charge in [0.25, 0.3) is 0 Å². The van der Waals surface area contributed by atoms with Crippen molar-refractivity contribution in [3.05, 3.63) is 78.6 Å². The van der Waals surface area contributed by atoms with E-state index >= 15 is 0 Å². The van der Waals surface area contributed by atoms with Gasteiger partial charge in [0, 0.05) is 29.7 Å². The molecule has 0 bridgehead atoms. The van der Waals surface area contributed by atoms with E-state index in [1.54, 1.807) is 24.5 Å². The Balaban J connectivity index is 1.48. The predicted octanol–water partition coefficient (Wildman–Crippen LogP) is 4.77. The van der Waals surface area contributed by atoms with Crippen LogP contribution in [0, 0.1) is 0 Å². The van der Waals surface area contributed by atoms with Crippen LogP contribution < -0.4 is 10.6 Å². The summed E-state index contributed by atoms with van der Waals surface area (Å²) in [5.41, 5.74) is 3.89. The fourth-order valence-electron chi connectivity index (χ4n) is 2.81. The lowest BCUT2D eigenvalue weighted by Crippen LogP contribution is -2.31. The number of hydrogen-bond donors (Lipinski definition) is 2. The molecule has 2 amide bonds. The van der Waals surface area contributed by atoms with Crippen molar-refractivity contribution >= 4 is 22.8 Å². The fraction of sp³-hybridized carbons (Fsp3) is 0.0952.